The molecule has 0 bridgehead atoms. The Balaban J connectivity index is 2.51. The molecule has 0 aliphatic heterocycles. The molecular weight excluding hydrogens is 292 g/mol. The molecule has 2 aromatic rings. The second-order valence-electron chi connectivity index (χ2n) is 4.04. The standard InChI is InChI=1S/C14H8F4O3/c15-11-6-2-5-10(12(11)13(19)20)8-3-1-4-9(7-8)21-14(16,17)18/h1-7H,(H,19,20). The van der Waals surface area contributed by atoms with Crippen LogP contribution in [0.3, 0.4) is 0 Å². The van der Waals surface area contributed by atoms with Crippen molar-refractivity contribution in [3.8, 4) is 16.9 Å². The van der Waals surface area contributed by atoms with Crippen molar-refractivity contribution in [1.82, 2.24) is 0 Å². The van der Waals surface area contributed by atoms with E-state index in [9.17, 15) is 22.4 Å². The molecule has 0 unspecified atom stereocenters. The minimum absolute atomic E-state index is 0.0323. The van der Waals surface area contributed by atoms with Crippen LogP contribution in [0.4, 0.5) is 17.6 Å². The fourth-order valence-electron chi connectivity index (χ4n) is 1.84. The first kappa shape index (κ1) is 14.8. The summed E-state index contributed by atoms with van der Waals surface area (Å²) in [7, 11) is 0. The molecule has 0 amide bonds. The lowest BCUT2D eigenvalue weighted by Gasteiger charge is -2.11. The summed E-state index contributed by atoms with van der Waals surface area (Å²) in [4.78, 5) is 11.1. The highest BCUT2D eigenvalue weighted by Gasteiger charge is 2.31. The Kier molecular flexibility index (Phi) is 3.84. The number of rotatable bonds is 3. The predicted molar refractivity (Wildman–Crippen MR) is 65.5 cm³/mol. The Morgan fingerprint density at radius 1 is 1.10 bits per heavy atom. The van der Waals surface area contributed by atoms with E-state index in [-0.39, 0.29) is 11.1 Å². The van der Waals surface area contributed by atoms with E-state index in [2.05, 4.69) is 4.74 Å². The van der Waals surface area contributed by atoms with E-state index in [1.165, 1.54) is 24.3 Å². The second kappa shape index (κ2) is 5.43. The molecule has 3 nitrogen and oxygen atoms in total. The zero-order valence-corrected chi connectivity index (χ0v) is 10.3. The van der Waals surface area contributed by atoms with Crippen LogP contribution in [0.25, 0.3) is 11.1 Å². The molecule has 0 saturated carbocycles. The Morgan fingerprint density at radius 3 is 2.38 bits per heavy atom. The van der Waals surface area contributed by atoms with E-state index in [4.69, 9.17) is 5.11 Å². The molecular formula is C14H8F4O3. The molecule has 0 atom stereocenters. The summed E-state index contributed by atoms with van der Waals surface area (Å²) in [5, 5.41) is 9.01. The smallest absolute Gasteiger partial charge is 0.478 e. The molecule has 1 N–H and O–H groups in total. The maximum Gasteiger partial charge on any atom is 0.573 e. The van der Waals surface area contributed by atoms with Crippen LogP contribution in [0.15, 0.2) is 42.5 Å². The van der Waals surface area contributed by atoms with Gasteiger partial charge < -0.3 is 9.84 Å². The van der Waals surface area contributed by atoms with Gasteiger partial charge in [-0.1, -0.05) is 24.3 Å². The average Bonchev–Trinajstić information content (AvgIpc) is 2.36. The molecule has 0 fully saturated rings. The third-order valence-corrected chi connectivity index (χ3v) is 2.61. The largest absolute Gasteiger partial charge is 0.573 e. The minimum atomic E-state index is -4.86. The summed E-state index contributed by atoms with van der Waals surface area (Å²) in [6.07, 6.45) is -4.86. The molecule has 2 rings (SSSR count). The Hall–Kier alpha value is -2.57. The minimum Gasteiger partial charge on any atom is -0.478 e. The molecule has 0 saturated heterocycles. The molecule has 0 heterocycles. The molecule has 0 radical (unpaired) electrons. The van der Waals surface area contributed by atoms with Crippen molar-refractivity contribution in [3.63, 3.8) is 0 Å². The number of hydrogen-bond donors (Lipinski definition) is 1. The van der Waals surface area contributed by atoms with Crippen LogP contribution in [-0.4, -0.2) is 17.4 Å². The number of carboxylic acids is 1. The quantitative estimate of drug-likeness (QED) is 0.868. The Morgan fingerprint density at radius 2 is 1.76 bits per heavy atom. The van der Waals surface area contributed by atoms with Gasteiger partial charge >= 0.3 is 12.3 Å². The van der Waals surface area contributed by atoms with E-state index in [1.54, 1.807) is 0 Å². The second-order valence-corrected chi connectivity index (χ2v) is 4.04. The van der Waals surface area contributed by atoms with E-state index in [0.29, 0.717) is 0 Å². The van der Waals surface area contributed by atoms with Crippen LogP contribution in [0.2, 0.25) is 0 Å². The number of alkyl halides is 3. The average molecular weight is 300 g/mol. The van der Waals surface area contributed by atoms with Crippen molar-refractivity contribution in [1.29, 1.82) is 0 Å². The summed E-state index contributed by atoms with van der Waals surface area (Å²) >= 11 is 0. The van der Waals surface area contributed by atoms with Crippen LogP contribution in [-0.2, 0) is 0 Å². The summed E-state index contributed by atoms with van der Waals surface area (Å²) in [6.45, 7) is 0. The van der Waals surface area contributed by atoms with Crippen molar-refractivity contribution in [2.24, 2.45) is 0 Å². The summed E-state index contributed by atoms with van der Waals surface area (Å²) in [6, 6.07) is 8.22. The predicted octanol–water partition coefficient (Wildman–Crippen LogP) is 4.09. The number of aromatic carboxylic acids is 1. The number of carbonyl (C=O) groups is 1. The maximum atomic E-state index is 13.6. The van der Waals surface area contributed by atoms with Gasteiger partial charge in [0.25, 0.3) is 0 Å². The van der Waals surface area contributed by atoms with Crippen LogP contribution >= 0.6 is 0 Å². The van der Waals surface area contributed by atoms with Gasteiger partial charge in [0, 0.05) is 0 Å². The molecule has 110 valence electrons. The molecule has 0 aliphatic carbocycles. The van der Waals surface area contributed by atoms with Gasteiger partial charge in [0.05, 0.1) is 0 Å². The lowest BCUT2D eigenvalue weighted by atomic mass is 9.99. The van der Waals surface area contributed by atoms with Gasteiger partial charge in [-0.3, -0.25) is 0 Å². The summed E-state index contributed by atoms with van der Waals surface area (Å²) in [5.41, 5.74) is -0.537. The molecule has 21 heavy (non-hydrogen) atoms. The zero-order valence-electron chi connectivity index (χ0n) is 10.3. The lowest BCUT2D eigenvalue weighted by molar-refractivity contribution is -0.274. The van der Waals surface area contributed by atoms with E-state index in [0.717, 1.165) is 18.2 Å². The highest BCUT2D eigenvalue weighted by molar-refractivity contribution is 5.96. The topological polar surface area (TPSA) is 46.5 Å². The van der Waals surface area contributed by atoms with Crippen molar-refractivity contribution < 1.29 is 32.2 Å². The monoisotopic (exact) mass is 300 g/mol. The molecule has 0 spiro atoms. The first-order chi connectivity index (χ1) is 9.78. The van der Waals surface area contributed by atoms with Crippen molar-refractivity contribution in [2.75, 3.05) is 0 Å². The number of hydrogen-bond acceptors (Lipinski definition) is 2. The third-order valence-electron chi connectivity index (χ3n) is 2.61. The highest BCUT2D eigenvalue weighted by Crippen LogP contribution is 2.30. The molecule has 0 aliphatic rings. The normalized spacial score (nSPS) is 11.2. The summed E-state index contributed by atoms with van der Waals surface area (Å²) in [5.74, 6) is -2.99. The van der Waals surface area contributed by atoms with Crippen LogP contribution < -0.4 is 4.74 Å². The number of ether oxygens (including phenoxy) is 1. The molecule has 0 aromatic heterocycles. The van der Waals surface area contributed by atoms with Gasteiger partial charge in [-0.05, 0) is 29.3 Å². The van der Waals surface area contributed by atoms with E-state index >= 15 is 0 Å². The number of halogens is 4. The fourth-order valence-corrected chi connectivity index (χ4v) is 1.84. The van der Waals surface area contributed by atoms with Gasteiger partial charge in [0.2, 0.25) is 0 Å². The lowest BCUT2D eigenvalue weighted by Crippen LogP contribution is -2.17. The molecule has 2 aromatic carbocycles. The third kappa shape index (κ3) is 3.50. The van der Waals surface area contributed by atoms with Crippen molar-refractivity contribution in [2.45, 2.75) is 6.36 Å². The van der Waals surface area contributed by atoms with Crippen LogP contribution in [0.1, 0.15) is 10.4 Å². The first-order valence-corrected chi connectivity index (χ1v) is 5.66. The number of carboxylic acid groups (broad SMARTS) is 1. The van der Waals surface area contributed by atoms with Gasteiger partial charge in [-0.15, -0.1) is 13.2 Å². The van der Waals surface area contributed by atoms with Crippen molar-refractivity contribution >= 4 is 5.97 Å². The van der Waals surface area contributed by atoms with Crippen LogP contribution in [0, 0.1) is 5.82 Å². The zero-order chi connectivity index (χ0) is 15.6. The SMILES string of the molecule is O=C(O)c1c(F)cccc1-c1cccc(OC(F)(F)F)c1. The summed E-state index contributed by atoms with van der Waals surface area (Å²) < 4.78 is 53.8. The van der Waals surface area contributed by atoms with Crippen LogP contribution in [0.5, 0.6) is 5.75 Å². The van der Waals surface area contributed by atoms with Crippen molar-refractivity contribution in [3.05, 3.63) is 53.8 Å². The van der Waals surface area contributed by atoms with E-state index in [1.807, 2.05) is 0 Å². The van der Waals surface area contributed by atoms with Gasteiger partial charge in [0.1, 0.15) is 17.1 Å². The maximum absolute atomic E-state index is 13.6. The highest BCUT2D eigenvalue weighted by atomic mass is 19.4. The van der Waals surface area contributed by atoms with Gasteiger partial charge in [0.15, 0.2) is 0 Å². The fraction of sp³-hybridized carbons (Fsp3) is 0.0714. The Labute approximate surface area is 116 Å². The van der Waals surface area contributed by atoms with Gasteiger partial charge in [-0.2, -0.15) is 0 Å². The van der Waals surface area contributed by atoms with Gasteiger partial charge in [-0.25, -0.2) is 9.18 Å². The Bertz CT molecular complexity index is 680. The first-order valence-electron chi connectivity index (χ1n) is 5.66. The van der Waals surface area contributed by atoms with E-state index < -0.39 is 29.5 Å². The molecule has 7 heteroatoms. The number of benzene rings is 2.